The largest absolute Gasteiger partial charge is 0.350 e. The predicted octanol–water partition coefficient (Wildman–Crippen LogP) is 1.39. The Morgan fingerprint density at radius 3 is 2.90 bits per heavy atom. The fourth-order valence-corrected chi connectivity index (χ4v) is 3.31. The van der Waals surface area contributed by atoms with Gasteiger partial charge in [0.05, 0.1) is 5.68 Å². The van der Waals surface area contributed by atoms with Crippen molar-refractivity contribution in [2.75, 3.05) is 6.54 Å². The van der Waals surface area contributed by atoms with E-state index in [9.17, 15) is 9.59 Å². The Balaban J connectivity index is 1.80. The summed E-state index contributed by atoms with van der Waals surface area (Å²) < 4.78 is 0. The molecule has 0 spiro atoms. The molecule has 21 heavy (non-hydrogen) atoms. The fourth-order valence-electron chi connectivity index (χ4n) is 2.45. The number of carbonyl (C=O) groups excluding carboxylic acids is 2. The molecule has 106 valence electrons. The minimum atomic E-state index is -0.436. The SMILES string of the molecule is [B]C(=O)CCNC(=O)c1nc2cc3c(nc2s1)CCCC3. The lowest BCUT2D eigenvalue weighted by Gasteiger charge is -2.13. The van der Waals surface area contributed by atoms with Gasteiger partial charge in [0.25, 0.3) is 5.91 Å². The molecule has 2 aromatic rings. The summed E-state index contributed by atoms with van der Waals surface area (Å²) in [4.78, 5) is 32.4. The molecular weight excluding hydrogens is 285 g/mol. The number of hydrogen-bond acceptors (Lipinski definition) is 5. The van der Waals surface area contributed by atoms with Crippen molar-refractivity contribution in [1.29, 1.82) is 0 Å². The second-order valence-electron chi connectivity index (χ2n) is 5.12. The molecule has 0 atom stereocenters. The van der Waals surface area contributed by atoms with Crippen molar-refractivity contribution in [2.24, 2.45) is 0 Å². The number of pyridine rings is 1. The first-order valence-corrected chi connectivity index (χ1v) is 7.81. The standard InChI is InChI=1S/C14H14BN3O2S/c15-11(19)5-6-16-12(20)14-18-10-7-8-3-1-2-4-9(8)17-13(10)21-14/h7H,1-6H2,(H,16,20). The van der Waals surface area contributed by atoms with E-state index in [-0.39, 0.29) is 18.9 Å². The number of fused-ring (bicyclic) bond motifs is 2. The average molecular weight is 299 g/mol. The second-order valence-corrected chi connectivity index (χ2v) is 6.09. The number of rotatable bonds is 4. The van der Waals surface area contributed by atoms with E-state index in [1.807, 2.05) is 6.07 Å². The number of nitrogens with zero attached hydrogens (tertiary/aromatic N) is 2. The first-order valence-electron chi connectivity index (χ1n) is 6.99. The maximum absolute atomic E-state index is 12.0. The zero-order valence-corrected chi connectivity index (χ0v) is 12.3. The van der Waals surface area contributed by atoms with Gasteiger partial charge in [-0.2, -0.15) is 0 Å². The number of thiazole rings is 1. The summed E-state index contributed by atoms with van der Waals surface area (Å²) in [5, 5.41) is 3.02. The van der Waals surface area contributed by atoms with Crippen LogP contribution >= 0.6 is 11.3 Å². The molecule has 0 fully saturated rings. The molecule has 7 heteroatoms. The molecule has 5 nitrogen and oxygen atoms in total. The maximum Gasteiger partial charge on any atom is 0.280 e. The molecule has 1 aliphatic carbocycles. The van der Waals surface area contributed by atoms with Crippen molar-refractivity contribution in [3.63, 3.8) is 0 Å². The Labute approximate surface area is 127 Å². The van der Waals surface area contributed by atoms with Crippen LogP contribution in [0, 0.1) is 0 Å². The summed E-state index contributed by atoms with van der Waals surface area (Å²) in [6.45, 7) is 0.230. The van der Waals surface area contributed by atoms with Crippen LogP contribution in [0.2, 0.25) is 0 Å². The van der Waals surface area contributed by atoms with E-state index in [1.54, 1.807) is 0 Å². The van der Waals surface area contributed by atoms with E-state index in [4.69, 9.17) is 7.85 Å². The highest BCUT2D eigenvalue weighted by molar-refractivity contribution is 7.19. The second kappa shape index (κ2) is 5.93. The summed E-state index contributed by atoms with van der Waals surface area (Å²) in [6, 6.07) is 2.05. The molecule has 0 aliphatic heterocycles. The first-order chi connectivity index (χ1) is 10.1. The van der Waals surface area contributed by atoms with Crippen LogP contribution in [0.5, 0.6) is 0 Å². The quantitative estimate of drug-likeness (QED) is 0.866. The third-order valence-electron chi connectivity index (χ3n) is 3.51. The number of amides is 1. The van der Waals surface area contributed by atoms with Crippen LogP contribution in [0.25, 0.3) is 10.3 Å². The Bertz CT molecular complexity index is 671. The van der Waals surface area contributed by atoms with Crippen LogP contribution in [0.15, 0.2) is 6.07 Å². The van der Waals surface area contributed by atoms with Crippen LogP contribution < -0.4 is 5.32 Å². The normalized spacial score (nSPS) is 13.9. The van der Waals surface area contributed by atoms with Gasteiger partial charge in [0.2, 0.25) is 0 Å². The highest BCUT2D eigenvalue weighted by Gasteiger charge is 2.17. The third-order valence-corrected chi connectivity index (χ3v) is 4.48. The van der Waals surface area contributed by atoms with Crippen molar-refractivity contribution >= 4 is 41.1 Å². The van der Waals surface area contributed by atoms with Gasteiger partial charge < -0.3 is 10.1 Å². The molecule has 3 rings (SSSR count). The van der Waals surface area contributed by atoms with E-state index < -0.39 is 5.68 Å². The molecule has 0 saturated carbocycles. The fraction of sp³-hybridized carbons (Fsp3) is 0.429. The van der Waals surface area contributed by atoms with Crippen molar-refractivity contribution < 1.29 is 9.59 Å². The van der Waals surface area contributed by atoms with E-state index in [0.29, 0.717) is 5.01 Å². The van der Waals surface area contributed by atoms with E-state index >= 15 is 0 Å². The first kappa shape index (κ1) is 14.2. The van der Waals surface area contributed by atoms with Gasteiger partial charge in [-0.1, -0.05) is 11.3 Å². The minimum Gasteiger partial charge on any atom is -0.350 e. The van der Waals surface area contributed by atoms with Crippen molar-refractivity contribution in [3.05, 3.63) is 22.3 Å². The lowest BCUT2D eigenvalue weighted by atomic mass is 9.96. The van der Waals surface area contributed by atoms with Gasteiger partial charge >= 0.3 is 0 Å². The molecule has 0 unspecified atom stereocenters. The Kier molecular flexibility index (Phi) is 4.01. The van der Waals surface area contributed by atoms with Crippen LogP contribution in [0.4, 0.5) is 0 Å². The molecule has 2 radical (unpaired) electrons. The van der Waals surface area contributed by atoms with Crippen molar-refractivity contribution in [1.82, 2.24) is 15.3 Å². The van der Waals surface area contributed by atoms with Gasteiger partial charge in [-0.15, -0.1) is 0 Å². The van der Waals surface area contributed by atoms with Gasteiger partial charge in [-0.25, -0.2) is 9.97 Å². The van der Waals surface area contributed by atoms with Gasteiger partial charge in [0, 0.05) is 18.7 Å². The molecule has 2 heterocycles. The summed E-state index contributed by atoms with van der Waals surface area (Å²) in [7, 11) is 5.04. The summed E-state index contributed by atoms with van der Waals surface area (Å²) in [5.41, 5.74) is 2.73. The monoisotopic (exact) mass is 299 g/mol. The number of aromatic nitrogens is 2. The van der Waals surface area contributed by atoms with Crippen molar-refractivity contribution in [2.45, 2.75) is 32.1 Å². The highest BCUT2D eigenvalue weighted by atomic mass is 32.1. The van der Waals surface area contributed by atoms with Crippen LogP contribution in [0.1, 0.15) is 40.3 Å². The molecule has 0 bridgehead atoms. The van der Waals surface area contributed by atoms with Crippen LogP contribution in [-0.4, -0.2) is 35.9 Å². The third kappa shape index (κ3) is 3.13. The zero-order valence-electron chi connectivity index (χ0n) is 11.5. The molecule has 0 saturated heterocycles. The topological polar surface area (TPSA) is 72.0 Å². The van der Waals surface area contributed by atoms with Gasteiger partial charge in [-0.3, -0.25) is 4.79 Å². The van der Waals surface area contributed by atoms with E-state index in [1.165, 1.54) is 29.7 Å². The Morgan fingerprint density at radius 1 is 1.29 bits per heavy atom. The molecule has 1 N–H and O–H groups in total. The molecule has 1 aliphatic rings. The predicted molar refractivity (Wildman–Crippen MR) is 81.8 cm³/mol. The van der Waals surface area contributed by atoms with Gasteiger partial charge in [0.1, 0.15) is 10.3 Å². The van der Waals surface area contributed by atoms with Crippen LogP contribution in [-0.2, 0) is 17.6 Å². The van der Waals surface area contributed by atoms with Crippen LogP contribution in [0.3, 0.4) is 0 Å². The average Bonchev–Trinajstić information content (AvgIpc) is 2.87. The van der Waals surface area contributed by atoms with E-state index in [2.05, 4.69) is 15.3 Å². The number of nitrogens with one attached hydrogen (secondary N) is 1. The minimum absolute atomic E-state index is 0.128. The van der Waals surface area contributed by atoms with E-state index in [0.717, 1.165) is 28.9 Å². The van der Waals surface area contributed by atoms with Gasteiger partial charge in [-0.05, 0) is 37.3 Å². The lowest BCUT2D eigenvalue weighted by Crippen LogP contribution is -2.25. The maximum atomic E-state index is 12.0. The smallest absolute Gasteiger partial charge is 0.280 e. The molecular formula is C14H14BN3O2S. The summed E-state index contributed by atoms with van der Waals surface area (Å²) in [5.74, 6) is -0.280. The number of hydrogen-bond donors (Lipinski definition) is 1. The Hall–Kier alpha value is -1.76. The van der Waals surface area contributed by atoms with Crippen molar-refractivity contribution in [3.8, 4) is 0 Å². The number of aryl methyl sites for hydroxylation is 2. The van der Waals surface area contributed by atoms with Gasteiger partial charge in [0.15, 0.2) is 12.9 Å². The Morgan fingerprint density at radius 2 is 2.10 bits per heavy atom. The zero-order chi connectivity index (χ0) is 14.8. The highest BCUT2D eigenvalue weighted by Crippen LogP contribution is 2.27. The molecule has 1 amide bonds. The summed E-state index contributed by atoms with van der Waals surface area (Å²) >= 11 is 1.29. The summed E-state index contributed by atoms with van der Waals surface area (Å²) in [6.07, 6.45) is 4.53. The number of carbonyl (C=O) groups is 2. The molecule has 2 aromatic heterocycles. The lowest BCUT2D eigenvalue weighted by molar-refractivity contribution is -0.111. The molecule has 0 aromatic carbocycles.